The average molecular weight is 390 g/mol. The number of aliphatic imine (C=N–C) groups is 2. The van der Waals surface area contributed by atoms with Gasteiger partial charge in [-0.3, -0.25) is 4.99 Å². The Hall–Kier alpha value is -3.16. The number of anilines is 1. The highest BCUT2D eigenvalue weighted by Crippen LogP contribution is 2.34. The molecule has 2 unspecified atom stereocenters. The van der Waals surface area contributed by atoms with Gasteiger partial charge in [-0.05, 0) is 57.1 Å². The molecule has 0 aromatic carbocycles. The SMILES string of the molecule is C=C(N=C(C)/C=C\C)Nc1cnc2nnn(CC3CCC4N=CC=C[C@@H]4C3)c2n1. The summed E-state index contributed by atoms with van der Waals surface area (Å²) in [7, 11) is 0. The molecule has 150 valence electrons. The highest BCUT2D eigenvalue weighted by molar-refractivity contribution is 5.93. The fourth-order valence-corrected chi connectivity index (χ4v) is 4.04. The molecule has 0 amide bonds. The molecule has 8 nitrogen and oxygen atoms in total. The number of rotatable bonds is 6. The molecule has 1 N–H and O–H groups in total. The van der Waals surface area contributed by atoms with E-state index < -0.39 is 0 Å². The van der Waals surface area contributed by atoms with Gasteiger partial charge in [0.2, 0.25) is 5.65 Å². The van der Waals surface area contributed by atoms with E-state index in [1.54, 1.807) is 6.20 Å². The van der Waals surface area contributed by atoms with Gasteiger partial charge in [0, 0.05) is 18.5 Å². The fourth-order valence-electron chi connectivity index (χ4n) is 4.04. The lowest BCUT2D eigenvalue weighted by Gasteiger charge is -2.33. The van der Waals surface area contributed by atoms with Crippen LogP contribution in [0.4, 0.5) is 5.82 Å². The predicted molar refractivity (Wildman–Crippen MR) is 116 cm³/mol. The Morgan fingerprint density at radius 2 is 2.31 bits per heavy atom. The van der Waals surface area contributed by atoms with E-state index in [1.165, 1.54) is 0 Å². The molecule has 0 spiro atoms. The molecule has 1 fully saturated rings. The number of fused-ring (bicyclic) bond motifs is 2. The van der Waals surface area contributed by atoms with Gasteiger partial charge in [0.1, 0.15) is 5.82 Å². The summed E-state index contributed by atoms with van der Waals surface area (Å²) in [6.07, 6.45) is 15.1. The Kier molecular flexibility index (Phi) is 5.59. The first-order valence-corrected chi connectivity index (χ1v) is 10.0. The average Bonchev–Trinajstić information content (AvgIpc) is 3.10. The minimum Gasteiger partial charge on any atom is -0.324 e. The van der Waals surface area contributed by atoms with Crippen LogP contribution < -0.4 is 5.32 Å². The van der Waals surface area contributed by atoms with Crippen LogP contribution in [0.5, 0.6) is 0 Å². The first-order chi connectivity index (χ1) is 14.1. The molecule has 1 saturated carbocycles. The smallest absolute Gasteiger partial charge is 0.221 e. The van der Waals surface area contributed by atoms with Gasteiger partial charge in [-0.15, -0.1) is 5.10 Å². The summed E-state index contributed by atoms with van der Waals surface area (Å²) < 4.78 is 1.87. The molecule has 1 aliphatic heterocycles. The van der Waals surface area contributed by atoms with Gasteiger partial charge in [-0.2, -0.15) is 0 Å². The Balaban J connectivity index is 1.47. The number of nitrogens with zero attached hydrogens (tertiary/aromatic N) is 7. The second-order valence-corrected chi connectivity index (χ2v) is 7.59. The molecule has 2 aromatic heterocycles. The van der Waals surface area contributed by atoms with Gasteiger partial charge in [0.05, 0.1) is 12.2 Å². The largest absolute Gasteiger partial charge is 0.324 e. The van der Waals surface area contributed by atoms with Crippen LogP contribution >= 0.6 is 0 Å². The first kappa shape index (κ1) is 19.2. The lowest BCUT2D eigenvalue weighted by atomic mass is 9.77. The Labute approximate surface area is 170 Å². The molecular formula is C21H26N8. The summed E-state index contributed by atoms with van der Waals surface area (Å²) in [5, 5.41) is 11.6. The fraction of sp³-hybridized carbons (Fsp3) is 0.429. The minimum absolute atomic E-state index is 0.442. The maximum Gasteiger partial charge on any atom is 0.221 e. The van der Waals surface area contributed by atoms with Crippen molar-refractivity contribution in [3.05, 3.63) is 42.9 Å². The third-order valence-corrected chi connectivity index (χ3v) is 5.34. The molecule has 0 radical (unpaired) electrons. The summed E-state index contributed by atoms with van der Waals surface area (Å²) in [6.45, 7) is 8.60. The van der Waals surface area contributed by atoms with Crippen LogP contribution in [0.2, 0.25) is 0 Å². The van der Waals surface area contributed by atoms with Crippen molar-refractivity contribution in [1.82, 2.24) is 25.0 Å². The zero-order valence-corrected chi connectivity index (χ0v) is 16.9. The van der Waals surface area contributed by atoms with Crippen molar-refractivity contribution in [2.75, 3.05) is 5.32 Å². The van der Waals surface area contributed by atoms with Crippen molar-refractivity contribution in [2.45, 2.75) is 45.7 Å². The Morgan fingerprint density at radius 1 is 1.41 bits per heavy atom. The molecule has 2 aromatic rings. The van der Waals surface area contributed by atoms with Crippen LogP contribution in [0.15, 0.2) is 52.9 Å². The molecule has 4 rings (SSSR count). The second-order valence-electron chi connectivity index (χ2n) is 7.59. The van der Waals surface area contributed by atoms with Gasteiger partial charge < -0.3 is 5.32 Å². The normalized spacial score (nSPS) is 24.2. The quantitative estimate of drug-likeness (QED) is 0.761. The first-order valence-electron chi connectivity index (χ1n) is 10.0. The van der Waals surface area contributed by atoms with Crippen molar-refractivity contribution in [1.29, 1.82) is 0 Å². The van der Waals surface area contributed by atoms with E-state index in [-0.39, 0.29) is 0 Å². The molecule has 0 saturated heterocycles. The van der Waals surface area contributed by atoms with Crippen molar-refractivity contribution in [3.8, 4) is 0 Å². The van der Waals surface area contributed by atoms with Crippen LogP contribution in [-0.2, 0) is 6.54 Å². The molecule has 29 heavy (non-hydrogen) atoms. The van der Waals surface area contributed by atoms with Crippen LogP contribution in [-0.4, -0.2) is 42.9 Å². The third kappa shape index (κ3) is 4.47. The zero-order valence-electron chi connectivity index (χ0n) is 16.9. The van der Waals surface area contributed by atoms with Gasteiger partial charge in [-0.1, -0.05) is 23.9 Å². The number of nitrogens with one attached hydrogen (secondary N) is 1. The van der Waals surface area contributed by atoms with E-state index in [0.29, 0.717) is 40.8 Å². The Morgan fingerprint density at radius 3 is 3.17 bits per heavy atom. The van der Waals surface area contributed by atoms with Crippen LogP contribution in [0.3, 0.4) is 0 Å². The number of aromatic nitrogens is 5. The molecule has 2 aliphatic rings. The zero-order chi connectivity index (χ0) is 20.2. The van der Waals surface area contributed by atoms with Crippen LogP contribution in [0.25, 0.3) is 11.3 Å². The van der Waals surface area contributed by atoms with E-state index >= 15 is 0 Å². The summed E-state index contributed by atoms with van der Waals surface area (Å²) >= 11 is 0. The van der Waals surface area contributed by atoms with E-state index in [9.17, 15) is 0 Å². The van der Waals surface area contributed by atoms with E-state index in [4.69, 9.17) is 0 Å². The lowest BCUT2D eigenvalue weighted by Crippen LogP contribution is -2.30. The number of dihydropyridines is 1. The standard InChI is InChI=1S/C21H26N8/c1-4-6-14(2)24-15(3)25-19-12-23-20-21(26-19)29(28-27-20)13-16-8-9-18-17(11-16)7-5-10-22-18/h4-7,10,12,16-18H,3,8-9,11,13H2,1-2H3,(H,25,26)/b6-4-,24-14?/t16?,17-,18?/m1/s1. The van der Waals surface area contributed by atoms with Crippen LogP contribution in [0.1, 0.15) is 33.1 Å². The summed E-state index contributed by atoms with van der Waals surface area (Å²) in [4.78, 5) is 18.0. The molecule has 3 heterocycles. The summed E-state index contributed by atoms with van der Waals surface area (Å²) in [6, 6.07) is 0.442. The summed E-state index contributed by atoms with van der Waals surface area (Å²) in [5.74, 6) is 2.14. The van der Waals surface area contributed by atoms with Crippen molar-refractivity contribution < 1.29 is 0 Å². The number of hydrogen-bond donors (Lipinski definition) is 1. The minimum atomic E-state index is 0.442. The summed E-state index contributed by atoms with van der Waals surface area (Å²) in [5.41, 5.74) is 2.09. The molecule has 0 bridgehead atoms. The maximum absolute atomic E-state index is 4.65. The monoisotopic (exact) mass is 390 g/mol. The van der Waals surface area contributed by atoms with Crippen molar-refractivity contribution in [2.24, 2.45) is 21.8 Å². The maximum atomic E-state index is 4.65. The third-order valence-electron chi connectivity index (χ3n) is 5.34. The molecular weight excluding hydrogens is 364 g/mol. The Bertz CT molecular complexity index is 1010. The molecule has 8 heteroatoms. The van der Waals surface area contributed by atoms with E-state index in [1.807, 2.05) is 36.9 Å². The second kappa shape index (κ2) is 8.46. The van der Waals surface area contributed by atoms with Crippen molar-refractivity contribution >= 4 is 29.0 Å². The number of allylic oxidation sites excluding steroid dienone is 3. The van der Waals surface area contributed by atoms with Gasteiger partial charge in [0.25, 0.3) is 0 Å². The van der Waals surface area contributed by atoms with Gasteiger partial charge in [-0.25, -0.2) is 19.6 Å². The van der Waals surface area contributed by atoms with Gasteiger partial charge in [0.15, 0.2) is 11.5 Å². The van der Waals surface area contributed by atoms with E-state index in [2.05, 4.69) is 54.3 Å². The topological polar surface area (TPSA) is 93.2 Å². The predicted octanol–water partition coefficient (Wildman–Crippen LogP) is 3.57. The molecule has 1 aliphatic carbocycles. The highest BCUT2D eigenvalue weighted by atomic mass is 15.5. The molecule has 3 atom stereocenters. The number of hydrogen-bond acceptors (Lipinski definition) is 7. The highest BCUT2D eigenvalue weighted by Gasteiger charge is 2.30. The van der Waals surface area contributed by atoms with Crippen molar-refractivity contribution in [3.63, 3.8) is 0 Å². The van der Waals surface area contributed by atoms with E-state index in [0.717, 1.165) is 31.5 Å². The van der Waals surface area contributed by atoms with Gasteiger partial charge >= 0.3 is 0 Å². The van der Waals surface area contributed by atoms with Crippen LogP contribution in [0, 0.1) is 11.8 Å². The lowest BCUT2D eigenvalue weighted by molar-refractivity contribution is 0.241.